The van der Waals surface area contributed by atoms with E-state index in [0.29, 0.717) is 12.1 Å². The van der Waals surface area contributed by atoms with E-state index >= 15 is 0 Å². The molecule has 1 aliphatic rings. The van der Waals surface area contributed by atoms with Gasteiger partial charge in [0.1, 0.15) is 0 Å². The first-order valence-electron chi connectivity index (χ1n) is 7.41. The van der Waals surface area contributed by atoms with E-state index in [2.05, 4.69) is 5.32 Å². The number of aryl methyl sites for hydroxylation is 1. The molecule has 1 atom stereocenters. The van der Waals surface area contributed by atoms with Gasteiger partial charge >= 0.3 is 5.97 Å². The van der Waals surface area contributed by atoms with Crippen LogP contribution in [0.4, 0.5) is 5.69 Å². The molecule has 1 aromatic carbocycles. The molecule has 1 aromatic rings. The van der Waals surface area contributed by atoms with Crippen molar-refractivity contribution >= 4 is 17.6 Å². The summed E-state index contributed by atoms with van der Waals surface area (Å²) >= 11 is 0. The number of hydrogen-bond acceptors (Lipinski definition) is 3. The molecule has 2 rings (SSSR count). The summed E-state index contributed by atoms with van der Waals surface area (Å²) in [6, 6.07) is 5.31. The quantitative estimate of drug-likeness (QED) is 0.871. The van der Waals surface area contributed by atoms with E-state index in [1.807, 2.05) is 24.8 Å². The van der Waals surface area contributed by atoms with E-state index in [1.165, 1.54) is 0 Å². The van der Waals surface area contributed by atoms with Crippen molar-refractivity contribution in [1.29, 1.82) is 0 Å². The lowest BCUT2D eigenvalue weighted by atomic mass is 9.99. The Morgan fingerprint density at radius 3 is 2.86 bits per heavy atom. The Bertz CT molecular complexity index is 542. The van der Waals surface area contributed by atoms with Crippen molar-refractivity contribution < 1.29 is 14.7 Å². The second kappa shape index (κ2) is 6.61. The highest BCUT2D eigenvalue weighted by atomic mass is 16.4. The first-order valence-corrected chi connectivity index (χ1v) is 7.41. The van der Waals surface area contributed by atoms with E-state index in [4.69, 9.17) is 5.11 Å². The topological polar surface area (TPSA) is 69.6 Å². The molecule has 0 bridgehead atoms. The summed E-state index contributed by atoms with van der Waals surface area (Å²) in [5, 5.41) is 12.0. The van der Waals surface area contributed by atoms with Crippen LogP contribution in [-0.4, -0.2) is 36.1 Å². The number of nitrogens with zero attached hydrogens (tertiary/aromatic N) is 1. The van der Waals surface area contributed by atoms with Gasteiger partial charge in [-0.3, -0.25) is 4.79 Å². The van der Waals surface area contributed by atoms with E-state index in [-0.39, 0.29) is 11.9 Å². The van der Waals surface area contributed by atoms with Crippen LogP contribution in [0, 0.1) is 0 Å². The Labute approximate surface area is 125 Å². The second-order valence-corrected chi connectivity index (χ2v) is 5.55. The van der Waals surface area contributed by atoms with Crippen molar-refractivity contribution in [3.05, 3.63) is 29.3 Å². The smallest absolute Gasteiger partial charge is 0.335 e. The van der Waals surface area contributed by atoms with Crippen LogP contribution in [0.25, 0.3) is 0 Å². The molecule has 1 unspecified atom stereocenters. The highest BCUT2D eigenvalue weighted by Gasteiger charge is 2.20. The Morgan fingerprint density at radius 2 is 2.19 bits per heavy atom. The Hall–Kier alpha value is -2.04. The maximum Gasteiger partial charge on any atom is 0.335 e. The lowest BCUT2D eigenvalue weighted by molar-refractivity contribution is -0.120. The lowest BCUT2D eigenvalue weighted by Crippen LogP contribution is -2.42. The van der Waals surface area contributed by atoms with Crippen LogP contribution >= 0.6 is 0 Å². The number of nitrogens with one attached hydrogen (secondary N) is 1. The van der Waals surface area contributed by atoms with Crippen LogP contribution in [-0.2, 0) is 11.2 Å². The fourth-order valence-electron chi connectivity index (χ4n) is 2.57. The summed E-state index contributed by atoms with van der Waals surface area (Å²) in [5.74, 6) is -0.899. The molecule has 2 N–H and O–H groups in total. The average molecular weight is 290 g/mol. The number of amides is 1. The third-order valence-corrected chi connectivity index (χ3v) is 3.90. The average Bonchev–Trinajstić information content (AvgIpc) is 2.46. The van der Waals surface area contributed by atoms with E-state index in [0.717, 1.165) is 37.1 Å². The predicted octanol–water partition coefficient (Wildman–Crippen LogP) is 2.05. The second-order valence-electron chi connectivity index (χ2n) is 5.55. The first kappa shape index (κ1) is 15.4. The van der Waals surface area contributed by atoms with Crippen molar-refractivity contribution in [2.75, 3.05) is 18.0 Å². The normalized spacial score (nSPS) is 15.2. The van der Waals surface area contributed by atoms with Gasteiger partial charge in [-0.2, -0.15) is 0 Å². The number of carbonyl (C=O) groups is 2. The third-order valence-electron chi connectivity index (χ3n) is 3.90. The SMILES string of the molecule is CCC(C)NC(=O)CN1CCCc2cc(C(=O)O)ccc21. The fourth-order valence-corrected chi connectivity index (χ4v) is 2.57. The Kier molecular flexibility index (Phi) is 4.83. The largest absolute Gasteiger partial charge is 0.478 e. The Morgan fingerprint density at radius 1 is 1.43 bits per heavy atom. The first-order chi connectivity index (χ1) is 10.0. The van der Waals surface area contributed by atoms with Crippen LogP contribution in [0.1, 0.15) is 42.6 Å². The van der Waals surface area contributed by atoms with Gasteiger partial charge in [-0.05, 0) is 49.9 Å². The van der Waals surface area contributed by atoms with E-state index < -0.39 is 5.97 Å². The van der Waals surface area contributed by atoms with Crippen molar-refractivity contribution in [2.45, 2.75) is 39.2 Å². The van der Waals surface area contributed by atoms with Gasteiger partial charge in [-0.1, -0.05) is 6.92 Å². The molecule has 1 heterocycles. The maximum atomic E-state index is 12.0. The molecule has 21 heavy (non-hydrogen) atoms. The minimum Gasteiger partial charge on any atom is -0.478 e. The number of hydrogen-bond donors (Lipinski definition) is 2. The molecule has 0 fully saturated rings. The van der Waals surface area contributed by atoms with Gasteiger partial charge in [0, 0.05) is 18.3 Å². The van der Waals surface area contributed by atoms with Gasteiger partial charge < -0.3 is 15.3 Å². The van der Waals surface area contributed by atoms with Crippen LogP contribution in [0.2, 0.25) is 0 Å². The van der Waals surface area contributed by atoms with Gasteiger partial charge in [0.2, 0.25) is 5.91 Å². The summed E-state index contributed by atoms with van der Waals surface area (Å²) in [6.07, 6.45) is 2.71. The van der Waals surface area contributed by atoms with Crippen molar-refractivity contribution in [3.63, 3.8) is 0 Å². The number of carboxylic acid groups (broad SMARTS) is 1. The number of rotatable bonds is 5. The summed E-state index contributed by atoms with van der Waals surface area (Å²) in [5.41, 5.74) is 2.29. The molecule has 1 amide bonds. The molecule has 0 radical (unpaired) electrons. The van der Waals surface area contributed by atoms with Gasteiger partial charge in [0.15, 0.2) is 0 Å². The van der Waals surface area contributed by atoms with Crippen molar-refractivity contribution in [2.24, 2.45) is 0 Å². The Balaban J connectivity index is 2.11. The molecule has 0 aliphatic carbocycles. The van der Waals surface area contributed by atoms with Gasteiger partial charge in [-0.15, -0.1) is 0 Å². The van der Waals surface area contributed by atoms with Gasteiger partial charge in [0.05, 0.1) is 12.1 Å². The lowest BCUT2D eigenvalue weighted by Gasteiger charge is -2.31. The third kappa shape index (κ3) is 3.74. The minimum atomic E-state index is -0.913. The van der Waals surface area contributed by atoms with E-state index in [1.54, 1.807) is 12.1 Å². The zero-order valence-electron chi connectivity index (χ0n) is 12.6. The number of fused-ring (bicyclic) bond motifs is 1. The van der Waals surface area contributed by atoms with Gasteiger partial charge in [0.25, 0.3) is 0 Å². The molecule has 5 nitrogen and oxygen atoms in total. The molecule has 0 saturated carbocycles. The number of anilines is 1. The fraction of sp³-hybridized carbons (Fsp3) is 0.500. The summed E-state index contributed by atoms with van der Waals surface area (Å²) in [4.78, 5) is 25.1. The highest BCUT2D eigenvalue weighted by Crippen LogP contribution is 2.27. The molecule has 0 spiro atoms. The summed E-state index contributed by atoms with van der Waals surface area (Å²) in [6.45, 7) is 5.17. The van der Waals surface area contributed by atoms with Crippen LogP contribution in [0.5, 0.6) is 0 Å². The maximum absolute atomic E-state index is 12.0. The van der Waals surface area contributed by atoms with Crippen LogP contribution in [0.3, 0.4) is 0 Å². The van der Waals surface area contributed by atoms with Crippen LogP contribution in [0.15, 0.2) is 18.2 Å². The molecule has 5 heteroatoms. The number of carboxylic acids is 1. The van der Waals surface area contributed by atoms with Crippen LogP contribution < -0.4 is 10.2 Å². The molecular formula is C16H22N2O3. The summed E-state index contributed by atoms with van der Waals surface area (Å²) < 4.78 is 0. The molecular weight excluding hydrogens is 268 g/mol. The predicted molar refractivity (Wildman–Crippen MR) is 81.8 cm³/mol. The van der Waals surface area contributed by atoms with Crippen molar-refractivity contribution in [3.8, 4) is 0 Å². The number of aromatic carboxylic acids is 1. The zero-order chi connectivity index (χ0) is 15.4. The standard InChI is InChI=1S/C16H22N2O3/c1-3-11(2)17-15(19)10-18-8-4-5-12-9-13(16(20)21)6-7-14(12)18/h6-7,9,11H,3-5,8,10H2,1-2H3,(H,17,19)(H,20,21). The summed E-state index contributed by atoms with van der Waals surface area (Å²) in [7, 11) is 0. The van der Waals surface area contributed by atoms with E-state index in [9.17, 15) is 9.59 Å². The number of carbonyl (C=O) groups excluding carboxylic acids is 1. The highest BCUT2D eigenvalue weighted by molar-refractivity contribution is 5.89. The molecule has 114 valence electrons. The zero-order valence-corrected chi connectivity index (χ0v) is 12.6. The molecule has 1 aliphatic heterocycles. The number of benzene rings is 1. The minimum absolute atomic E-state index is 0.0134. The monoisotopic (exact) mass is 290 g/mol. The van der Waals surface area contributed by atoms with Crippen molar-refractivity contribution in [1.82, 2.24) is 5.32 Å². The van der Waals surface area contributed by atoms with Gasteiger partial charge in [-0.25, -0.2) is 4.79 Å². The molecule has 0 saturated heterocycles. The molecule has 0 aromatic heterocycles.